The van der Waals surface area contributed by atoms with Crippen LogP contribution >= 0.6 is 0 Å². The summed E-state index contributed by atoms with van der Waals surface area (Å²) in [6, 6.07) is 4.76. The molecule has 94 valence electrons. The number of aromatic nitrogens is 3. The second kappa shape index (κ2) is 5.08. The van der Waals surface area contributed by atoms with Gasteiger partial charge in [0.15, 0.2) is 5.82 Å². The summed E-state index contributed by atoms with van der Waals surface area (Å²) in [6.45, 7) is 3.75. The Balaban J connectivity index is 2.46. The zero-order chi connectivity index (χ0) is 13.1. The zero-order valence-corrected chi connectivity index (χ0v) is 10.4. The van der Waals surface area contributed by atoms with Crippen LogP contribution in [0.1, 0.15) is 24.7 Å². The molecule has 2 aromatic rings. The Hall–Kier alpha value is -2.04. The molecule has 2 N–H and O–H groups in total. The van der Waals surface area contributed by atoms with E-state index >= 15 is 0 Å². The number of hydrogen-bond acceptors (Lipinski definition) is 4. The van der Waals surface area contributed by atoms with Crippen LogP contribution in [0.5, 0.6) is 0 Å². The van der Waals surface area contributed by atoms with Crippen molar-refractivity contribution in [2.75, 3.05) is 5.73 Å². The normalized spacial score (nSPS) is 10.6. The van der Waals surface area contributed by atoms with E-state index in [1.165, 1.54) is 6.07 Å². The van der Waals surface area contributed by atoms with Crippen molar-refractivity contribution < 1.29 is 4.39 Å². The van der Waals surface area contributed by atoms with Gasteiger partial charge in [-0.3, -0.25) is 0 Å². The Morgan fingerprint density at radius 2 is 2.00 bits per heavy atom. The minimum Gasteiger partial charge on any atom is -0.368 e. The Morgan fingerprint density at radius 1 is 1.22 bits per heavy atom. The lowest BCUT2D eigenvalue weighted by atomic mass is 10.1. The summed E-state index contributed by atoms with van der Waals surface area (Å²) in [4.78, 5) is 12.5. The summed E-state index contributed by atoms with van der Waals surface area (Å²) in [5.41, 5.74) is 6.97. The molecule has 4 nitrogen and oxygen atoms in total. The summed E-state index contributed by atoms with van der Waals surface area (Å²) in [5.74, 6) is 1.12. The number of aryl methyl sites for hydroxylation is 2. The van der Waals surface area contributed by atoms with E-state index in [1.807, 2.05) is 6.92 Å². The lowest BCUT2D eigenvalue weighted by molar-refractivity contribution is 0.618. The molecule has 1 aromatic heterocycles. The van der Waals surface area contributed by atoms with E-state index in [9.17, 15) is 4.39 Å². The average Bonchev–Trinajstić information content (AvgIpc) is 2.32. The molecule has 0 radical (unpaired) electrons. The number of nitrogens with two attached hydrogens (primary N) is 1. The lowest BCUT2D eigenvalue weighted by Gasteiger charge is -2.05. The molecule has 0 aliphatic carbocycles. The number of hydrogen-bond donors (Lipinski definition) is 1. The standard InChI is InChI=1S/C13H15FN4/c1-3-4-11-16-12(18-13(15)17-11)9-5-6-10(14)8(2)7-9/h5-7H,3-4H2,1-2H3,(H2,15,16,17,18). The Labute approximate surface area is 105 Å². The minimum atomic E-state index is -0.241. The van der Waals surface area contributed by atoms with Crippen LogP contribution < -0.4 is 5.73 Å². The molecule has 0 spiro atoms. The molecule has 2 rings (SSSR count). The van der Waals surface area contributed by atoms with Crippen LogP contribution in [0.15, 0.2) is 18.2 Å². The predicted octanol–water partition coefficient (Wildman–Crippen LogP) is 2.52. The molecule has 0 saturated carbocycles. The van der Waals surface area contributed by atoms with E-state index in [1.54, 1.807) is 19.1 Å². The molecule has 0 unspecified atom stereocenters. The van der Waals surface area contributed by atoms with Gasteiger partial charge in [0.25, 0.3) is 0 Å². The number of anilines is 1. The summed E-state index contributed by atoms with van der Waals surface area (Å²) >= 11 is 0. The first-order valence-corrected chi connectivity index (χ1v) is 5.87. The first-order valence-electron chi connectivity index (χ1n) is 5.87. The van der Waals surface area contributed by atoms with Crippen molar-refractivity contribution in [1.82, 2.24) is 15.0 Å². The quantitative estimate of drug-likeness (QED) is 0.903. The number of benzene rings is 1. The smallest absolute Gasteiger partial charge is 0.223 e. The fourth-order valence-corrected chi connectivity index (χ4v) is 1.69. The molecule has 0 aliphatic rings. The molecule has 1 aromatic carbocycles. The van der Waals surface area contributed by atoms with Gasteiger partial charge in [0.1, 0.15) is 11.6 Å². The van der Waals surface area contributed by atoms with E-state index in [0.717, 1.165) is 18.4 Å². The largest absolute Gasteiger partial charge is 0.368 e. The lowest BCUT2D eigenvalue weighted by Crippen LogP contribution is -2.05. The van der Waals surface area contributed by atoms with Crippen molar-refractivity contribution in [3.05, 3.63) is 35.4 Å². The van der Waals surface area contributed by atoms with Crippen molar-refractivity contribution in [1.29, 1.82) is 0 Å². The molecular formula is C13H15FN4. The topological polar surface area (TPSA) is 64.7 Å². The van der Waals surface area contributed by atoms with Crippen LogP contribution in [0.3, 0.4) is 0 Å². The van der Waals surface area contributed by atoms with Gasteiger partial charge in [-0.25, -0.2) is 9.37 Å². The van der Waals surface area contributed by atoms with E-state index in [0.29, 0.717) is 17.2 Å². The van der Waals surface area contributed by atoms with Crippen molar-refractivity contribution in [2.45, 2.75) is 26.7 Å². The van der Waals surface area contributed by atoms with E-state index in [-0.39, 0.29) is 11.8 Å². The Bertz CT molecular complexity index is 569. The van der Waals surface area contributed by atoms with E-state index < -0.39 is 0 Å². The first-order chi connectivity index (χ1) is 8.60. The summed E-state index contributed by atoms with van der Waals surface area (Å²) in [7, 11) is 0. The third-order valence-corrected chi connectivity index (χ3v) is 2.59. The third-order valence-electron chi connectivity index (χ3n) is 2.59. The Kier molecular flexibility index (Phi) is 3.50. The van der Waals surface area contributed by atoms with Crippen molar-refractivity contribution in [3.63, 3.8) is 0 Å². The molecule has 0 bridgehead atoms. The fraction of sp³-hybridized carbons (Fsp3) is 0.308. The zero-order valence-electron chi connectivity index (χ0n) is 10.4. The van der Waals surface area contributed by atoms with E-state index in [2.05, 4.69) is 15.0 Å². The maximum atomic E-state index is 13.2. The van der Waals surface area contributed by atoms with Gasteiger partial charge in [-0.05, 0) is 37.1 Å². The molecule has 18 heavy (non-hydrogen) atoms. The monoisotopic (exact) mass is 246 g/mol. The van der Waals surface area contributed by atoms with Gasteiger partial charge in [-0.1, -0.05) is 6.92 Å². The number of halogens is 1. The fourth-order valence-electron chi connectivity index (χ4n) is 1.69. The van der Waals surface area contributed by atoms with Crippen LogP contribution in [0, 0.1) is 12.7 Å². The molecule has 0 fully saturated rings. The molecule has 1 heterocycles. The highest BCUT2D eigenvalue weighted by atomic mass is 19.1. The second-order valence-corrected chi connectivity index (χ2v) is 4.15. The van der Waals surface area contributed by atoms with E-state index in [4.69, 9.17) is 5.73 Å². The summed E-state index contributed by atoms with van der Waals surface area (Å²) < 4.78 is 13.2. The highest BCUT2D eigenvalue weighted by Crippen LogP contribution is 2.19. The average molecular weight is 246 g/mol. The van der Waals surface area contributed by atoms with Gasteiger partial charge in [0.2, 0.25) is 5.95 Å². The maximum Gasteiger partial charge on any atom is 0.223 e. The van der Waals surface area contributed by atoms with Crippen LogP contribution in [-0.2, 0) is 6.42 Å². The number of nitrogens with zero attached hydrogens (tertiary/aromatic N) is 3. The maximum absolute atomic E-state index is 13.2. The van der Waals surface area contributed by atoms with Gasteiger partial charge in [-0.15, -0.1) is 0 Å². The van der Waals surface area contributed by atoms with Crippen LogP contribution in [0.4, 0.5) is 10.3 Å². The number of nitrogen functional groups attached to an aromatic ring is 1. The molecule has 0 amide bonds. The van der Waals surface area contributed by atoms with Crippen molar-refractivity contribution in [3.8, 4) is 11.4 Å². The molecular weight excluding hydrogens is 231 g/mol. The second-order valence-electron chi connectivity index (χ2n) is 4.15. The Morgan fingerprint density at radius 3 is 2.67 bits per heavy atom. The van der Waals surface area contributed by atoms with Gasteiger partial charge in [0, 0.05) is 12.0 Å². The van der Waals surface area contributed by atoms with Gasteiger partial charge in [-0.2, -0.15) is 9.97 Å². The van der Waals surface area contributed by atoms with Gasteiger partial charge >= 0.3 is 0 Å². The molecule has 0 saturated heterocycles. The van der Waals surface area contributed by atoms with Gasteiger partial charge < -0.3 is 5.73 Å². The molecule has 5 heteroatoms. The molecule has 0 atom stereocenters. The number of rotatable bonds is 3. The highest BCUT2D eigenvalue weighted by Gasteiger charge is 2.08. The minimum absolute atomic E-state index is 0.199. The summed E-state index contributed by atoms with van der Waals surface area (Å²) in [6.07, 6.45) is 1.69. The third kappa shape index (κ3) is 2.61. The van der Waals surface area contributed by atoms with Crippen LogP contribution in [-0.4, -0.2) is 15.0 Å². The predicted molar refractivity (Wildman–Crippen MR) is 68.4 cm³/mol. The molecule has 0 aliphatic heterocycles. The highest BCUT2D eigenvalue weighted by molar-refractivity contribution is 5.57. The van der Waals surface area contributed by atoms with Crippen molar-refractivity contribution in [2.24, 2.45) is 0 Å². The summed E-state index contributed by atoms with van der Waals surface area (Å²) in [5, 5.41) is 0. The van der Waals surface area contributed by atoms with Gasteiger partial charge in [0.05, 0.1) is 0 Å². The van der Waals surface area contributed by atoms with Crippen LogP contribution in [0.2, 0.25) is 0 Å². The van der Waals surface area contributed by atoms with Crippen LogP contribution in [0.25, 0.3) is 11.4 Å². The SMILES string of the molecule is CCCc1nc(N)nc(-c2ccc(F)c(C)c2)n1. The first kappa shape index (κ1) is 12.4. The van der Waals surface area contributed by atoms with Crippen molar-refractivity contribution >= 4 is 5.95 Å².